The quantitative estimate of drug-likeness (QED) is 0.644. The number of aromatic nitrogens is 2. The number of hydrogen-bond acceptors (Lipinski definition) is 4. The van der Waals surface area contributed by atoms with Crippen molar-refractivity contribution in [3.63, 3.8) is 0 Å². The van der Waals surface area contributed by atoms with Gasteiger partial charge < -0.3 is 10.6 Å². The first kappa shape index (κ1) is 18.2. The normalized spacial score (nSPS) is 10.4. The van der Waals surface area contributed by atoms with E-state index in [9.17, 15) is 4.79 Å². The number of anilines is 2. The predicted molar refractivity (Wildman–Crippen MR) is 105 cm³/mol. The molecule has 2 aromatic carbocycles. The lowest BCUT2D eigenvalue weighted by Gasteiger charge is -2.09. The second kappa shape index (κ2) is 8.65. The minimum absolute atomic E-state index is 0.234. The van der Waals surface area contributed by atoms with Crippen LogP contribution >= 0.6 is 23.2 Å². The van der Waals surface area contributed by atoms with E-state index in [1.165, 1.54) is 11.9 Å². The molecule has 132 valence electrons. The molecule has 0 radical (unpaired) electrons. The summed E-state index contributed by atoms with van der Waals surface area (Å²) in [6.07, 6.45) is 2.20. The van der Waals surface area contributed by atoms with Crippen LogP contribution in [0, 0.1) is 0 Å². The van der Waals surface area contributed by atoms with Gasteiger partial charge in [0.05, 0.1) is 15.7 Å². The number of halogens is 2. The molecule has 0 bridgehead atoms. The second-order valence-electron chi connectivity index (χ2n) is 5.51. The highest BCUT2D eigenvalue weighted by Gasteiger charge is 2.12. The van der Waals surface area contributed by atoms with Crippen LogP contribution in [0.2, 0.25) is 10.0 Å². The molecule has 0 saturated heterocycles. The van der Waals surface area contributed by atoms with Gasteiger partial charge in [0.15, 0.2) is 0 Å². The monoisotopic (exact) mass is 386 g/mol. The largest absolute Gasteiger partial charge is 0.370 e. The zero-order valence-corrected chi connectivity index (χ0v) is 15.3. The Balaban J connectivity index is 1.63. The van der Waals surface area contributed by atoms with Gasteiger partial charge in [0.25, 0.3) is 5.91 Å². The van der Waals surface area contributed by atoms with Gasteiger partial charge in [-0.05, 0) is 24.1 Å². The first-order chi connectivity index (χ1) is 12.6. The van der Waals surface area contributed by atoms with Crippen molar-refractivity contribution < 1.29 is 4.79 Å². The molecule has 1 heterocycles. The van der Waals surface area contributed by atoms with Crippen LogP contribution in [0.1, 0.15) is 16.1 Å². The molecular weight excluding hydrogens is 371 g/mol. The van der Waals surface area contributed by atoms with E-state index < -0.39 is 0 Å². The molecule has 5 nitrogen and oxygen atoms in total. The molecule has 0 aliphatic rings. The number of amides is 1. The van der Waals surface area contributed by atoms with E-state index >= 15 is 0 Å². The minimum atomic E-state index is -0.386. The van der Waals surface area contributed by atoms with E-state index in [1.54, 1.807) is 24.3 Å². The lowest BCUT2D eigenvalue weighted by molar-refractivity contribution is 0.102. The van der Waals surface area contributed by atoms with E-state index in [-0.39, 0.29) is 16.6 Å². The van der Waals surface area contributed by atoms with E-state index in [0.717, 1.165) is 6.42 Å². The van der Waals surface area contributed by atoms with Gasteiger partial charge in [-0.2, -0.15) is 0 Å². The van der Waals surface area contributed by atoms with Gasteiger partial charge in [-0.25, -0.2) is 9.97 Å². The number of benzene rings is 2. The lowest BCUT2D eigenvalue weighted by atomic mass is 10.1. The Labute approximate surface area is 161 Å². The molecule has 3 aromatic rings. The van der Waals surface area contributed by atoms with Gasteiger partial charge in [0.2, 0.25) is 0 Å². The summed E-state index contributed by atoms with van der Waals surface area (Å²) in [6, 6.07) is 16.8. The van der Waals surface area contributed by atoms with Crippen LogP contribution in [0.25, 0.3) is 0 Å². The standard InChI is InChI=1S/C19H16Cl2N4O/c20-14-7-4-8-15(18(14)21)25-19(26)16-11-17(24-12-23-16)22-10-9-13-5-2-1-3-6-13/h1-8,11-12H,9-10H2,(H,25,26)(H,22,23,24). The Morgan fingerprint density at radius 3 is 2.62 bits per heavy atom. The average Bonchev–Trinajstić information content (AvgIpc) is 2.66. The fraction of sp³-hybridized carbons (Fsp3) is 0.105. The van der Waals surface area contributed by atoms with Gasteiger partial charge >= 0.3 is 0 Å². The number of hydrogen-bond donors (Lipinski definition) is 2. The molecule has 26 heavy (non-hydrogen) atoms. The van der Waals surface area contributed by atoms with Crippen molar-refractivity contribution in [3.8, 4) is 0 Å². The summed E-state index contributed by atoms with van der Waals surface area (Å²) in [7, 11) is 0. The van der Waals surface area contributed by atoms with Gasteiger partial charge in [0.1, 0.15) is 17.8 Å². The van der Waals surface area contributed by atoms with Crippen molar-refractivity contribution in [1.82, 2.24) is 9.97 Å². The summed E-state index contributed by atoms with van der Waals surface area (Å²) in [4.78, 5) is 20.6. The van der Waals surface area contributed by atoms with E-state index in [4.69, 9.17) is 23.2 Å². The molecule has 0 aliphatic carbocycles. The highest BCUT2D eigenvalue weighted by Crippen LogP contribution is 2.29. The number of nitrogens with one attached hydrogen (secondary N) is 2. The number of rotatable bonds is 6. The molecule has 0 atom stereocenters. The maximum Gasteiger partial charge on any atom is 0.274 e. The van der Waals surface area contributed by atoms with Gasteiger partial charge in [0, 0.05) is 12.6 Å². The Morgan fingerprint density at radius 1 is 1.00 bits per heavy atom. The average molecular weight is 387 g/mol. The molecule has 0 saturated carbocycles. The van der Waals surface area contributed by atoms with E-state index in [1.807, 2.05) is 18.2 Å². The van der Waals surface area contributed by atoms with E-state index in [2.05, 4.69) is 32.7 Å². The summed E-state index contributed by atoms with van der Waals surface area (Å²) in [5, 5.41) is 6.56. The van der Waals surface area contributed by atoms with Crippen LogP contribution in [0.15, 0.2) is 60.9 Å². The van der Waals surface area contributed by atoms with Gasteiger partial charge in [-0.3, -0.25) is 4.79 Å². The highest BCUT2D eigenvalue weighted by molar-refractivity contribution is 6.44. The molecule has 0 fully saturated rings. The SMILES string of the molecule is O=C(Nc1cccc(Cl)c1Cl)c1cc(NCCc2ccccc2)ncn1. The maximum absolute atomic E-state index is 12.4. The Morgan fingerprint density at radius 2 is 1.81 bits per heavy atom. The summed E-state index contributed by atoms with van der Waals surface area (Å²) in [6.45, 7) is 0.697. The molecule has 1 amide bonds. The first-order valence-electron chi connectivity index (χ1n) is 7.98. The van der Waals surface area contributed by atoms with Gasteiger partial charge in [-0.15, -0.1) is 0 Å². The third-order valence-electron chi connectivity index (χ3n) is 3.66. The maximum atomic E-state index is 12.4. The topological polar surface area (TPSA) is 66.9 Å². The Hall–Kier alpha value is -2.63. The molecule has 1 aromatic heterocycles. The predicted octanol–water partition coefficient (Wildman–Crippen LogP) is 4.69. The fourth-order valence-corrected chi connectivity index (χ4v) is 2.69. The van der Waals surface area contributed by atoms with E-state index in [0.29, 0.717) is 23.1 Å². The molecule has 2 N–H and O–H groups in total. The Kier molecular flexibility index (Phi) is 6.04. The summed E-state index contributed by atoms with van der Waals surface area (Å²) in [5.41, 5.74) is 1.89. The van der Waals surface area contributed by atoms with Gasteiger partial charge in [-0.1, -0.05) is 59.6 Å². The molecule has 0 aliphatic heterocycles. The summed E-state index contributed by atoms with van der Waals surface area (Å²) in [5.74, 6) is 0.195. The Bertz CT molecular complexity index is 903. The second-order valence-corrected chi connectivity index (χ2v) is 6.29. The lowest BCUT2D eigenvalue weighted by Crippen LogP contribution is -2.15. The summed E-state index contributed by atoms with van der Waals surface area (Å²) < 4.78 is 0. The molecule has 3 rings (SSSR count). The first-order valence-corrected chi connectivity index (χ1v) is 8.74. The minimum Gasteiger partial charge on any atom is -0.370 e. The highest BCUT2D eigenvalue weighted by atomic mass is 35.5. The number of carbonyl (C=O) groups excluding carboxylic acids is 1. The molecule has 0 spiro atoms. The van der Waals surface area contributed by atoms with Crippen molar-refractivity contribution in [3.05, 3.63) is 82.2 Å². The number of nitrogens with zero attached hydrogens (tertiary/aromatic N) is 2. The third-order valence-corrected chi connectivity index (χ3v) is 4.48. The zero-order chi connectivity index (χ0) is 18.4. The van der Waals surface area contributed by atoms with Crippen molar-refractivity contribution in [2.75, 3.05) is 17.2 Å². The summed E-state index contributed by atoms with van der Waals surface area (Å²) >= 11 is 12.0. The fourth-order valence-electron chi connectivity index (χ4n) is 2.34. The van der Waals surface area contributed by atoms with Crippen LogP contribution in [0.5, 0.6) is 0 Å². The van der Waals surface area contributed by atoms with Crippen molar-refractivity contribution in [1.29, 1.82) is 0 Å². The smallest absolute Gasteiger partial charge is 0.274 e. The van der Waals surface area contributed by atoms with Crippen LogP contribution in [0.3, 0.4) is 0 Å². The zero-order valence-electron chi connectivity index (χ0n) is 13.7. The molecular formula is C19H16Cl2N4O. The van der Waals surface area contributed by atoms with Crippen molar-refractivity contribution in [2.24, 2.45) is 0 Å². The molecule has 7 heteroatoms. The van der Waals surface area contributed by atoms with Crippen LogP contribution in [-0.2, 0) is 6.42 Å². The van der Waals surface area contributed by atoms with Crippen LogP contribution in [-0.4, -0.2) is 22.4 Å². The van der Waals surface area contributed by atoms with Crippen LogP contribution in [0.4, 0.5) is 11.5 Å². The van der Waals surface area contributed by atoms with Crippen molar-refractivity contribution in [2.45, 2.75) is 6.42 Å². The van der Waals surface area contributed by atoms with Crippen molar-refractivity contribution >= 4 is 40.6 Å². The van der Waals surface area contributed by atoms with Crippen LogP contribution < -0.4 is 10.6 Å². The number of carbonyl (C=O) groups is 1. The third kappa shape index (κ3) is 4.71. The molecule has 0 unspecified atom stereocenters.